The second-order valence-electron chi connectivity index (χ2n) is 8.58. The summed E-state index contributed by atoms with van der Waals surface area (Å²) in [5, 5.41) is 26.5. The van der Waals surface area contributed by atoms with Crippen molar-refractivity contribution in [1.29, 1.82) is 0 Å². The lowest BCUT2D eigenvalue weighted by atomic mass is 9.83. The molecule has 9 heteroatoms. The summed E-state index contributed by atoms with van der Waals surface area (Å²) in [5.41, 5.74) is 4.27. The van der Waals surface area contributed by atoms with Gasteiger partial charge in [-0.05, 0) is 49.4 Å². The van der Waals surface area contributed by atoms with Gasteiger partial charge < -0.3 is 15.7 Å². The van der Waals surface area contributed by atoms with Crippen molar-refractivity contribution < 1.29 is 14.7 Å². The van der Waals surface area contributed by atoms with Crippen LogP contribution in [0.3, 0.4) is 0 Å². The average molecular weight is 451 g/mol. The molecule has 1 fully saturated rings. The highest BCUT2D eigenvalue weighted by atomic mass is 16.3. The summed E-state index contributed by atoms with van der Waals surface area (Å²) >= 11 is 0. The lowest BCUT2D eigenvalue weighted by molar-refractivity contribution is -0.119. The Hall–Kier alpha value is -3.46. The van der Waals surface area contributed by atoms with Crippen molar-refractivity contribution in [2.24, 2.45) is 13.0 Å². The first-order chi connectivity index (χ1) is 16.0. The molecular weight excluding hydrogens is 420 g/mol. The first-order valence-corrected chi connectivity index (χ1v) is 11.3. The number of aliphatic hydroxyl groups is 1. The number of aromatic amines is 1. The van der Waals surface area contributed by atoms with Crippen LogP contribution in [-0.4, -0.2) is 42.9 Å². The van der Waals surface area contributed by atoms with E-state index in [9.17, 15) is 14.7 Å². The van der Waals surface area contributed by atoms with Crippen LogP contribution in [-0.2, 0) is 18.4 Å². The van der Waals surface area contributed by atoms with Gasteiger partial charge in [-0.25, -0.2) is 0 Å². The quantitative estimate of drug-likeness (QED) is 0.440. The second-order valence-corrected chi connectivity index (χ2v) is 8.58. The van der Waals surface area contributed by atoms with E-state index in [1.807, 2.05) is 31.2 Å². The number of amides is 2. The summed E-state index contributed by atoms with van der Waals surface area (Å²) in [5.74, 6) is -0.431. The number of aryl methyl sites for hydroxylation is 2. The fourth-order valence-corrected chi connectivity index (χ4v) is 4.59. The molecule has 1 aliphatic rings. The van der Waals surface area contributed by atoms with Crippen LogP contribution < -0.4 is 10.6 Å². The van der Waals surface area contributed by atoms with E-state index in [4.69, 9.17) is 0 Å². The first-order valence-electron chi connectivity index (χ1n) is 11.3. The number of anilines is 1. The molecule has 33 heavy (non-hydrogen) atoms. The third-order valence-electron chi connectivity index (χ3n) is 6.36. The summed E-state index contributed by atoms with van der Waals surface area (Å²) < 4.78 is 1.50. The second kappa shape index (κ2) is 9.99. The Morgan fingerprint density at radius 1 is 1.18 bits per heavy atom. The molecule has 1 aromatic carbocycles. The Labute approximate surface area is 192 Å². The number of nitrogens with one attached hydrogen (secondary N) is 3. The minimum atomic E-state index is -0.621. The van der Waals surface area contributed by atoms with E-state index in [0.717, 1.165) is 48.9 Å². The molecule has 0 radical (unpaired) electrons. The standard InChI is InChI=1S/C24H30N6O3/c1-15-21(19(14-31)29-28-15)16-8-10-18(11-9-16)26-24(33)22(17-6-4-3-5-7-17)27-23(32)20-12-13-25-30(20)2/h8-13,17,22,31H,3-7,14H2,1-2H3,(H,26,33)(H,27,32)(H,28,29). The van der Waals surface area contributed by atoms with Crippen molar-refractivity contribution in [1.82, 2.24) is 25.3 Å². The number of carbonyl (C=O) groups excluding carboxylic acids is 2. The molecule has 0 saturated heterocycles. The fourth-order valence-electron chi connectivity index (χ4n) is 4.59. The summed E-state index contributed by atoms with van der Waals surface area (Å²) in [7, 11) is 1.70. The van der Waals surface area contributed by atoms with E-state index >= 15 is 0 Å². The molecule has 3 aromatic rings. The van der Waals surface area contributed by atoms with Crippen LogP contribution in [0, 0.1) is 12.8 Å². The molecule has 9 nitrogen and oxygen atoms in total. The van der Waals surface area contributed by atoms with Gasteiger partial charge in [-0.15, -0.1) is 0 Å². The number of aliphatic hydroxyl groups excluding tert-OH is 1. The highest BCUT2D eigenvalue weighted by molar-refractivity contribution is 6.00. The van der Waals surface area contributed by atoms with Crippen molar-refractivity contribution in [2.45, 2.75) is 51.7 Å². The van der Waals surface area contributed by atoms with E-state index < -0.39 is 6.04 Å². The van der Waals surface area contributed by atoms with Crippen molar-refractivity contribution in [3.05, 3.63) is 53.6 Å². The van der Waals surface area contributed by atoms with Crippen LogP contribution in [0.2, 0.25) is 0 Å². The van der Waals surface area contributed by atoms with Gasteiger partial charge >= 0.3 is 0 Å². The van der Waals surface area contributed by atoms with Crippen molar-refractivity contribution >= 4 is 17.5 Å². The molecule has 0 bridgehead atoms. The number of hydrogen-bond donors (Lipinski definition) is 4. The molecule has 2 amide bonds. The van der Waals surface area contributed by atoms with Crippen LogP contribution in [0.1, 0.15) is 54.0 Å². The summed E-state index contributed by atoms with van der Waals surface area (Å²) in [6.07, 6.45) is 6.66. The van der Waals surface area contributed by atoms with Crippen LogP contribution in [0.4, 0.5) is 5.69 Å². The summed E-state index contributed by atoms with van der Waals surface area (Å²) in [6.45, 7) is 1.74. The van der Waals surface area contributed by atoms with Gasteiger partial charge in [0.1, 0.15) is 11.7 Å². The van der Waals surface area contributed by atoms with Gasteiger partial charge in [-0.3, -0.25) is 19.4 Å². The van der Waals surface area contributed by atoms with Crippen LogP contribution in [0.5, 0.6) is 0 Å². The zero-order valence-electron chi connectivity index (χ0n) is 19.0. The van der Waals surface area contributed by atoms with Gasteiger partial charge in [0, 0.05) is 30.2 Å². The van der Waals surface area contributed by atoms with Gasteiger partial charge in [0.05, 0.1) is 12.3 Å². The summed E-state index contributed by atoms with van der Waals surface area (Å²) in [6, 6.07) is 8.43. The van der Waals surface area contributed by atoms with Crippen LogP contribution in [0.15, 0.2) is 36.5 Å². The molecule has 0 aliphatic heterocycles. The minimum absolute atomic E-state index is 0.0934. The normalized spacial score (nSPS) is 15.2. The highest BCUT2D eigenvalue weighted by Crippen LogP contribution is 2.29. The predicted octanol–water partition coefficient (Wildman–Crippen LogP) is 2.93. The van der Waals surface area contributed by atoms with Gasteiger partial charge in [-0.1, -0.05) is 31.4 Å². The maximum atomic E-state index is 13.3. The van der Waals surface area contributed by atoms with Gasteiger partial charge in [0.2, 0.25) is 5.91 Å². The summed E-state index contributed by atoms with van der Waals surface area (Å²) in [4.78, 5) is 26.1. The maximum Gasteiger partial charge on any atom is 0.270 e. The Morgan fingerprint density at radius 2 is 1.91 bits per heavy atom. The molecule has 0 spiro atoms. The molecule has 174 valence electrons. The third kappa shape index (κ3) is 4.98. The van der Waals surface area contributed by atoms with E-state index in [-0.39, 0.29) is 24.3 Å². The van der Waals surface area contributed by atoms with E-state index in [2.05, 4.69) is 25.9 Å². The third-order valence-corrected chi connectivity index (χ3v) is 6.36. The largest absolute Gasteiger partial charge is 0.390 e. The van der Waals surface area contributed by atoms with Crippen LogP contribution in [0.25, 0.3) is 11.1 Å². The topological polar surface area (TPSA) is 125 Å². The lowest BCUT2D eigenvalue weighted by Crippen LogP contribution is -2.49. The number of hydrogen-bond acceptors (Lipinski definition) is 5. The SMILES string of the molecule is Cc1[nH]nc(CO)c1-c1ccc(NC(=O)C(NC(=O)c2ccnn2C)C2CCCCC2)cc1. The average Bonchev–Trinajstić information content (AvgIpc) is 3.43. The fraction of sp³-hybridized carbons (Fsp3) is 0.417. The van der Waals surface area contributed by atoms with Gasteiger partial charge in [0.25, 0.3) is 5.91 Å². The molecule has 2 heterocycles. The molecule has 1 aliphatic carbocycles. The number of carbonyl (C=O) groups is 2. The van der Waals surface area contributed by atoms with Crippen molar-refractivity contribution in [2.75, 3.05) is 5.32 Å². The molecule has 2 aromatic heterocycles. The number of rotatable bonds is 7. The Balaban J connectivity index is 1.50. The predicted molar refractivity (Wildman–Crippen MR) is 124 cm³/mol. The first kappa shape index (κ1) is 22.7. The van der Waals surface area contributed by atoms with Crippen LogP contribution >= 0.6 is 0 Å². The van der Waals surface area contributed by atoms with Crippen molar-refractivity contribution in [3.8, 4) is 11.1 Å². The molecule has 4 N–H and O–H groups in total. The minimum Gasteiger partial charge on any atom is -0.390 e. The van der Waals surface area contributed by atoms with Crippen molar-refractivity contribution in [3.63, 3.8) is 0 Å². The van der Waals surface area contributed by atoms with Gasteiger partial charge in [-0.2, -0.15) is 10.2 Å². The Morgan fingerprint density at radius 3 is 2.55 bits per heavy atom. The molecule has 1 atom stereocenters. The number of aromatic nitrogens is 4. The zero-order valence-corrected chi connectivity index (χ0v) is 19.0. The maximum absolute atomic E-state index is 13.3. The Kier molecular flexibility index (Phi) is 6.88. The molecular formula is C24H30N6O3. The lowest BCUT2D eigenvalue weighted by Gasteiger charge is -2.30. The van der Waals surface area contributed by atoms with Gasteiger partial charge in [0.15, 0.2) is 0 Å². The highest BCUT2D eigenvalue weighted by Gasteiger charge is 2.32. The Bertz CT molecular complexity index is 1110. The zero-order chi connectivity index (χ0) is 23.4. The number of nitrogens with zero attached hydrogens (tertiary/aromatic N) is 3. The number of benzene rings is 1. The number of H-pyrrole nitrogens is 1. The molecule has 4 rings (SSSR count). The van der Waals surface area contributed by atoms with E-state index in [1.54, 1.807) is 19.3 Å². The molecule has 1 saturated carbocycles. The van der Waals surface area contributed by atoms with E-state index in [1.165, 1.54) is 4.68 Å². The van der Waals surface area contributed by atoms with E-state index in [0.29, 0.717) is 17.1 Å². The molecule has 1 unspecified atom stereocenters. The monoisotopic (exact) mass is 450 g/mol. The smallest absolute Gasteiger partial charge is 0.270 e.